The highest BCUT2D eigenvalue weighted by Crippen LogP contribution is 2.25. The van der Waals surface area contributed by atoms with Crippen LogP contribution in [0.4, 0.5) is 5.69 Å². The van der Waals surface area contributed by atoms with Gasteiger partial charge in [-0.15, -0.1) is 0 Å². The van der Waals surface area contributed by atoms with Gasteiger partial charge in [0.25, 0.3) is 5.91 Å². The van der Waals surface area contributed by atoms with E-state index < -0.39 is 11.9 Å². The maximum absolute atomic E-state index is 11.4. The Hall–Kier alpha value is -2.04. The molecule has 0 aliphatic rings. The molecule has 1 unspecified atom stereocenters. The lowest BCUT2D eigenvalue weighted by Crippen LogP contribution is -2.32. The first-order chi connectivity index (χ1) is 8.62. The first kappa shape index (κ1) is 15.0. The van der Waals surface area contributed by atoms with Crippen LogP contribution in [0.15, 0.2) is 18.2 Å². The zero-order valence-electron chi connectivity index (χ0n) is 11.7. The van der Waals surface area contributed by atoms with E-state index in [2.05, 4.69) is 26.1 Å². The van der Waals surface area contributed by atoms with E-state index >= 15 is 0 Å². The van der Waals surface area contributed by atoms with Gasteiger partial charge in [-0.3, -0.25) is 4.79 Å². The van der Waals surface area contributed by atoms with Crippen LogP contribution in [0.1, 0.15) is 48.4 Å². The number of anilines is 1. The van der Waals surface area contributed by atoms with Crippen molar-refractivity contribution in [2.24, 2.45) is 11.1 Å². The number of benzene rings is 1. The number of rotatable bonds is 4. The summed E-state index contributed by atoms with van der Waals surface area (Å²) in [6.07, 6.45) is 0. The van der Waals surface area contributed by atoms with E-state index in [-0.39, 0.29) is 17.0 Å². The predicted octanol–water partition coefficient (Wildman–Crippen LogP) is 2.33. The topological polar surface area (TPSA) is 92.4 Å². The second-order valence-corrected chi connectivity index (χ2v) is 5.66. The Morgan fingerprint density at radius 3 is 2.32 bits per heavy atom. The molecule has 0 aliphatic heterocycles. The van der Waals surface area contributed by atoms with E-state index in [1.165, 1.54) is 18.2 Å². The Bertz CT molecular complexity index is 504. The molecule has 1 aromatic rings. The van der Waals surface area contributed by atoms with Gasteiger partial charge >= 0.3 is 5.97 Å². The van der Waals surface area contributed by atoms with Gasteiger partial charge in [-0.2, -0.15) is 0 Å². The Labute approximate surface area is 112 Å². The fraction of sp³-hybridized carbons (Fsp3) is 0.429. The van der Waals surface area contributed by atoms with Crippen LogP contribution in [0.2, 0.25) is 0 Å². The van der Waals surface area contributed by atoms with E-state index in [0.717, 1.165) is 0 Å². The molecule has 0 spiro atoms. The molecule has 0 heterocycles. The number of primary amides is 1. The van der Waals surface area contributed by atoms with Crippen molar-refractivity contribution in [1.29, 1.82) is 0 Å². The molecule has 0 saturated carbocycles. The number of nitrogens with two attached hydrogens (primary N) is 1. The summed E-state index contributed by atoms with van der Waals surface area (Å²) < 4.78 is 0. The molecule has 104 valence electrons. The summed E-state index contributed by atoms with van der Waals surface area (Å²) in [7, 11) is 0. The number of nitrogens with one attached hydrogen (secondary N) is 1. The number of hydrogen-bond donors (Lipinski definition) is 3. The van der Waals surface area contributed by atoms with Gasteiger partial charge in [0, 0.05) is 11.7 Å². The monoisotopic (exact) mass is 264 g/mol. The molecule has 4 N–H and O–H groups in total. The zero-order chi connectivity index (χ0) is 14.8. The number of carbonyl (C=O) groups is 2. The van der Waals surface area contributed by atoms with Gasteiger partial charge in [-0.1, -0.05) is 20.8 Å². The minimum absolute atomic E-state index is 0.0336. The minimum atomic E-state index is -1.04. The third-order valence-corrected chi connectivity index (χ3v) is 3.20. The predicted molar refractivity (Wildman–Crippen MR) is 74.5 cm³/mol. The highest BCUT2D eigenvalue weighted by atomic mass is 16.4. The number of hydrogen-bond acceptors (Lipinski definition) is 3. The molecule has 0 radical (unpaired) electrons. The average molecular weight is 264 g/mol. The van der Waals surface area contributed by atoms with E-state index in [0.29, 0.717) is 11.3 Å². The quantitative estimate of drug-likeness (QED) is 0.778. The molecule has 5 nitrogen and oxygen atoms in total. The van der Waals surface area contributed by atoms with E-state index in [4.69, 9.17) is 10.8 Å². The lowest BCUT2D eigenvalue weighted by molar-refractivity contribution is 0.0696. The van der Waals surface area contributed by atoms with Gasteiger partial charge in [0.1, 0.15) is 0 Å². The van der Waals surface area contributed by atoms with Crippen molar-refractivity contribution < 1.29 is 14.7 Å². The minimum Gasteiger partial charge on any atom is -0.478 e. The van der Waals surface area contributed by atoms with Crippen molar-refractivity contribution >= 4 is 17.6 Å². The lowest BCUT2D eigenvalue weighted by Gasteiger charge is -2.29. The summed E-state index contributed by atoms with van der Waals surface area (Å²) in [5.74, 6) is -1.62. The molecule has 0 saturated heterocycles. The first-order valence-electron chi connectivity index (χ1n) is 6.06. The van der Waals surface area contributed by atoms with Crippen LogP contribution in [0.5, 0.6) is 0 Å². The fourth-order valence-electron chi connectivity index (χ4n) is 1.46. The molecule has 19 heavy (non-hydrogen) atoms. The van der Waals surface area contributed by atoms with Gasteiger partial charge in [-0.25, -0.2) is 4.79 Å². The highest BCUT2D eigenvalue weighted by molar-refractivity contribution is 6.00. The van der Waals surface area contributed by atoms with Crippen LogP contribution in [-0.2, 0) is 0 Å². The van der Waals surface area contributed by atoms with Gasteiger partial charge in [-0.05, 0) is 30.5 Å². The van der Waals surface area contributed by atoms with Gasteiger partial charge in [0.05, 0.1) is 11.1 Å². The number of carboxylic acid groups (broad SMARTS) is 1. The average Bonchev–Trinajstić information content (AvgIpc) is 2.27. The van der Waals surface area contributed by atoms with Crippen molar-refractivity contribution in [2.45, 2.75) is 33.7 Å². The highest BCUT2D eigenvalue weighted by Gasteiger charge is 2.22. The molecule has 1 rings (SSSR count). The molecule has 0 aliphatic carbocycles. The molecule has 0 fully saturated rings. The maximum atomic E-state index is 11.4. The first-order valence-corrected chi connectivity index (χ1v) is 6.06. The normalized spacial score (nSPS) is 12.8. The number of carbonyl (C=O) groups excluding carboxylic acids is 1. The molecule has 5 heteroatoms. The summed E-state index contributed by atoms with van der Waals surface area (Å²) >= 11 is 0. The largest absolute Gasteiger partial charge is 0.478 e. The summed E-state index contributed by atoms with van der Waals surface area (Å²) in [6.45, 7) is 8.12. The molecule has 1 aromatic carbocycles. The Balaban J connectivity index is 3.18. The Morgan fingerprint density at radius 2 is 1.89 bits per heavy atom. The second kappa shape index (κ2) is 5.30. The summed E-state index contributed by atoms with van der Waals surface area (Å²) in [5, 5.41) is 12.2. The van der Waals surface area contributed by atoms with Crippen LogP contribution in [0, 0.1) is 5.41 Å². The number of amides is 1. The smallest absolute Gasteiger partial charge is 0.335 e. The molecule has 0 bridgehead atoms. The molecular weight excluding hydrogens is 244 g/mol. The summed E-state index contributed by atoms with van der Waals surface area (Å²) in [5.41, 5.74) is 6.13. The fourth-order valence-corrected chi connectivity index (χ4v) is 1.46. The van der Waals surface area contributed by atoms with Crippen molar-refractivity contribution in [3.63, 3.8) is 0 Å². The van der Waals surface area contributed by atoms with E-state index in [1.54, 1.807) is 0 Å². The van der Waals surface area contributed by atoms with Crippen LogP contribution < -0.4 is 11.1 Å². The van der Waals surface area contributed by atoms with Gasteiger partial charge in [0.15, 0.2) is 0 Å². The molecule has 0 aromatic heterocycles. The van der Waals surface area contributed by atoms with Crippen LogP contribution in [-0.4, -0.2) is 23.0 Å². The van der Waals surface area contributed by atoms with E-state index in [9.17, 15) is 9.59 Å². The number of carboxylic acids is 1. The molecule has 1 amide bonds. The second-order valence-electron chi connectivity index (χ2n) is 5.66. The van der Waals surface area contributed by atoms with Gasteiger partial charge in [0.2, 0.25) is 0 Å². The molecule has 1 atom stereocenters. The Morgan fingerprint density at radius 1 is 1.32 bits per heavy atom. The van der Waals surface area contributed by atoms with Crippen LogP contribution >= 0.6 is 0 Å². The van der Waals surface area contributed by atoms with Crippen molar-refractivity contribution in [1.82, 2.24) is 0 Å². The maximum Gasteiger partial charge on any atom is 0.335 e. The van der Waals surface area contributed by atoms with Gasteiger partial charge < -0.3 is 16.2 Å². The standard InChI is InChI=1S/C14H20N2O3/c1-8(14(2,3)4)16-11-7-9(13(18)19)5-6-10(11)12(15)17/h5-8,16H,1-4H3,(H2,15,17)(H,18,19). The SMILES string of the molecule is CC(Nc1cc(C(=O)O)ccc1C(N)=O)C(C)(C)C. The van der Waals surface area contributed by atoms with Crippen molar-refractivity contribution in [3.05, 3.63) is 29.3 Å². The van der Waals surface area contributed by atoms with Crippen molar-refractivity contribution in [2.75, 3.05) is 5.32 Å². The summed E-state index contributed by atoms with van der Waals surface area (Å²) in [6, 6.07) is 4.29. The van der Waals surface area contributed by atoms with Crippen LogP contribution in [0.25, 0.3) is 0 Å². The Kier molecular flexibility index (Phi) is 4.19. The summed E-state index contributed by atoms with van der Waals surface area (Å²) in [4.78, 5) is 22.3. The third kappa shape index (κ3) is 3.71. The molecular formula is C14H20N2O3. The number of aromatic carboxylic acids is 1. The van der Waals surface area contributed by atoms with Crippen molar-refractivity contribution in [3.8, 4) is 0 Å². The van der Waals surface area contributed by atoms with Crippen LogP contribution in [0.3, 0.4) is 0 Å². The van der Waals surface area contributed by atoms with E-state index in [1.807, 2.05) is 6.92 Å². The third-order valence-electron chi connectivity index (χ3n) is 3.20. The zero-order valence-corrected chi connectivity index (χ0v) is 11.7. The lowest BCUT2D eigenvalue weighted by atomic mass is 9.87.